The van der Waals surface area contributed by atoms with Gasteiger partial charge in [0.05, 0.1) is 6.54 Å². The Kier molecular flexibility index (Phi) is 4.75. The molecule has 1 saturated heterocycles. The zero-order valence-corrected chi connectivity index (χ0v) is 16.8. The van der Waals surface area contributed by atoms with E-state index >= 15 is 0 Å². The van der Waals surface area contributed by atoms with Gasteiger partial charge in [-0.05, 0) is 56.9 Å². The van der Waals surface area contributed by atoms with Crippen molar-refractivity contribution in [1.29, 1.82) is 0 Å². The van der Waals surface area contributed by atoms with E-state index < -0.39 is 23.7 Å². The van der Waals surface area contributed by atoms with E-state index in [-0.39, 0.29) is 12.1 Å². The van der Waals surface area contributed by atoms with E-state index in [4.69, 9.17) is 0 Å². The fourth-order valence-corrected chi connectivity index (χ4v) is 3.96. The number of benzene rings is 4. The molecule has 0 bridgehead atoms. The number of nitrogens with one attached hydrogen (secondary N) is 1. The Morgan fingerprint density at radius 3 is 2.03 bits per heavy atom. The molecule has 4 amide bonds. The summed E-state index contributed by atoms with van der Waals surface area (Å²) in [5, 5.41) is 5.97. The number of halogens is 1. The minimum absolute atomic E-state index is 0.0775. The molecule has 0 radical (unpaired) electrons. The van der Waals surface area contributed by atoms with E-state index in [2.05, 4.69) is 11.4 Å². The molecule has 5 rings (SSSR count). The maximum absolute atomic E-state index is 13.2. The molecule has 0 aliphatic carbocycles. The lowest BCUT2D eigenvalue weighted by molar-refractivity contribution is -0.130. The van der Waals surface area contributed by atoms with Gasteiger partial charge in [-0.2, -0.15) is 0 Å². The van der Waals surface area contributed by atoms with Crippen LogP contribution in [0.25, 0.3) is 27.6 Å². The van der Waals surface area contributed by atoms with Gasteiger partial charge in [0.2, 0.25) is 0 Å². The van der Waals surface area contributed by atoms with Gasteiger partial charge in [0.1, 0.15) is 11.4 Å². The predicted octanol–water partition coefficient (Wildman–Crippen LogP) is 4.79. The van der Waals surface area contributed by atoms with Gasteiger partial charge in [-0.1, -0.05) is 60.7 Å². The van der Waals surface area contributed by atoms with Gasteiger partial charge in [-0.3, -0.25) is 19.8 Å². The minimum Gasteiger partial charge on any atom is -0.273 e. The maximum atomic E-state index is 13.2. The van der Waals surface area contributed by atoms with Gasteiger partial charge in [0.25, 0.3) is 11.8 Å². The maximum Gasteiger partial charge on any atom is 0.331 e. The van der Waals surface area contributed by atoms with E-state index in [1.54, 1.807) is 6.08 Å². The van der Waals surface area contributed by atoms with Crippen LogP contribution >= 0.6 is 0 Å². The Bertz CT molecular complexity index is 1390. The Morgan fingerprint density at radius 2 is 1.41 bits per heavy atom. The predicted molar refractivity (Wildman–Crippen MR) is 120 cm³/mol. The third-order valence-corrected chi connectivity index (χ3v) is 5.54. The van der Waals surface area contributed by atoms with Crippen molar-refractivity contribution in [3.8, 4) is 0 Å². The average Bonchev–Trinajstić information content (AvgIpc) is 2.80. The van der Waals surface area contributed by atoms with Crippen molar-refractivity contribution in [3.63, 3.8) is 0 Å². The van der Waals surface area contributed by atoms with E-state index in [9.17, 15) is 18.8 Å². The van der Waals surface area contributed by atoms with Crippen LogP contribution < -0.4 is 5.32 Å². The number of hydrogen-bond acceptors (Lipinski definition) is 3. The Morgan fingerprint density at radius 1 is 0.812 bits per heavy atom. The van der Waals surface area contributed by atoms with E-state index in [1.165, 1.54) is 24.3 Å². The van der Waals surface area contributed by atoms with Crippen LogP contribution in [0.4, 0.5) is 9.18 Å². The molecule has 6 heteroatoms. The molecule has 4 aromatic rings. The number of rotatable bonds is 3. The van der Waals surface area contributed by atoms with Gasteiger partial charge in [0, 0.05) is 0 Å². The fourth-order valence-electron chi connectivity index (χ4n) is 3.96. The van der Waals surface area contributed by atoms with Crippen molar-refractivity contribution in [2.45, 2.75) is 6.54 Å². The molecule has 1 N–H and O–H groups in total. The van der Waals surface area contributed by atoms with Crippen LogP contribution in [-0.2, 0) is 16.1 Å². The number of carbonyl (C=O) groups is 3. The Balaban J connectivity index is 1.63. The molecule has 0 atom stereocenters. The number of fused-ring (bicyclic) bond motifs is 2. The van der Waals surface area contributed by atoms with Gasteiger partial charge >= 0.3 is 6.03 Å². The van der Waals surface area contributed by atoms with Crippen LogP contribution in [0.1, 0.15) is 11.1 Å². The van der Waals surface area contributed by atoms with Gasteiger partial charge in [0.15, 0.2) is 0 Å². The van der Waals surface area contributed by atoms with Crippen LogP contribution in [0.5, 0.6) is 0 Å². The first-order valence-electron chi connectivity index (χ1n) is 10.0. The largest absolute Gasteiger partial charge is 0.331 e. The highest BCUT2D eigenvalue weighted by atomic mass is 19.1. The second-order valence-corrected chi connectivity index (χ2v) is 7.57. The summed E-state index contributed by atoms with van der Waals surface area (Å²) in [6.45, 7) is -0.0775. The molecule has 1 fully saturated rings. The van der Waals surface area contributed by atoms with Crippen molar-refractivity contribution in [3.05, 3.63) is 101 Å². The summed E-state index contributed by atoms with van der Waals surface area (Å²) >= 11 is 0. The monoisotopic (exact) mass is 424 g/mol. The quantitative estimate of drug-likeness (QED) is 0.292. The second kappa shape index (κ2) is 7.74. The zero-order valence-electron chi connectivity index (χ0n) is 16.8. The van der Waals surface area contributed by atoms with Gasteiger partial charge in [-0.15, -0.1) is 0 Å². The summed E-state index contributed by atoms with van der Waals surface area (Å²) in [6, 6.07) is 22.2. The normalized spacial score (nSPS) is 15.6. The van der Waals surface area contributed by atoms with Crippen LogP contribution in [0.2, 0.25) is 0 Å². The highest BCUT2D eigenvalue weighted by Gasteiger charge is 2.35. The Hall–Kier alpha value is -4.32. The molecule has 1 heterocycles. The third-order valence-electron chi connectivity index (χ3n) is 5.54. The SMILES string of the molecule is O=C1NC(=O)N(Cc2ccc(F)cc2)C(=O)/C1=C/c1c2ccccc2cc2ccccc12. The third kappa shape index (κ3) is 3.41. The number of carbonyl (C=O) groups excluding carboxylic acids is 3. The molecule has 0 aromatic heterocycles. The molecule has 1 aliphatic rings. The van der Waals surface area contributed by atoms with E-state index in [0.717, 1.165) is 32.0 Å². The van der Waals surface area contributed by atoms with Crippen LogP contribution in [0.15, 0.2) is 84.4 Å². The number of imide groups is 2. The zero-order chi connectivity index (χ0) is 22.2. The highest BCUT2D eigenvalue weighted by Crippen LogP contribution is 2.31. The topological polar surface area (TPSA) is 66.5 Å². The lowest BCUT2D eigenvalue weighted by Crippen LogP contribution is -2.53. The summed E-state index contributed by atoms with van der Waals surface area (Å²) in [6.07, 6.45) is 1.55. The fraction of sp³-hybridized carbons (Fsp3) is 0.0385. The molecule has 0 saturated carbocycles. The van der Waals surface area contributed by atoms with Crippen LogP contribution in [0, 0.1) is 5.82 Å². The molecule has 5 nitrogen and oxygen atoms in total. The molecule has 156 valence electrons. The average molecular weight is 424 g/mol. The molecule has 0 spiro atoms. The van der Waals surface area contributed by atoms with E-state index in [1.807, 2.05) is 48.5 Å². The first-order valence-corrected chi connectivity index (χ1v) is 10.0. The number of nitrogens with zero attached hydrogens (tertiary/aromatic N) is 1. The van der Waals surface area contributed by atoms with E-state index in [0.29, 0.717) is 5.56 Å². The van der Waals surface area contributed by atoms with Crippen LogP contribution in [-0.4, -0.2) is 22.7 Å². The number of hydrogen-bond donors (Lipinski definition) is 1. The minimum atomic E-state index is -0.802. The van der Waals surface area contributed by atoms with Crippen molar-refractivity contribution in [2.24, 2.45) is 0 Å². The molecule has 0 unspecified atom stereocenters. The smallest absolute Gasteiger partial charge is 0.273 e. The van der Waals surface area contributed by atoms with Gasteiger partial charge in [-0.25, -0.2) is 9.18 Å². The summed E-state index contributed by atoms with van der Waals surface area (Å²) in [5.74, 6) is -1.85. The van der Waals surface area contributed by atoms with Crippen molar-refractivity contribution < 1.29 is 18.8 Å². The molecule has 1 aliphatic heterocycles. The second-order valence-electron chi connectivity index (χ2n) is 7.57. The van der Waals surface area contributed by atoms with Crippen molar-refractivity contribution in [1.82, 2.24) is 10.2 Å². The van der Waals surface area contributed by atoms with Crippen LogP contribution in [0.3, 0.4) is 0 Å². The molecule has 4 aromatic carbocycles. The lowest BCUT2D eigenvalue weighted by Gasteiger charge is -2.26. The number of urea groups is 1. The summed E-state index contributed by atoms with van der Waals surface area (Å²) in [7, 11) is 0. The summed E-state index contributed by atoms with van der Waals surface area (Å²) < 4.78 is 13.2. The molecular formula is C26H17FN2O3. The number of barbiturate groups is 1. The van der Waals surface area contributed by atoms with Crippen molar-refractivity contribution >= 4 is 45.5 Å². The molecular weight excluding hydrogens is 407 g/mol. The van der Waals surface area contributed by atoms with Crippen molar-refractivity contribution in [2.75, 3.05) is 0 Å². The standard InChI is InChI=1S/C26H17FN2O3/c27-19-11-9-16(10-12-19)15-29-25(31)23(24(30)28-26(29)32)14-22-20-7-3-1-5-17(20)13-18-6-2-4-8-21(18)22/h1-14H,15H2,(H,28,30,32)/b23-14+. The summed E-state index contributed by atoms with van der Waals surface area (Å²) in [5.41, 5.74) is 1.17. The summed E-state index contributed by atoms with van der Waals surface area (Å²) in [4.78, 5) is 39.2. The first-order chi connectivity index (χ1) is 15.5. The highest BCUT2D eigenvalue weighted by molar-refractivity contribution is 6.31. The molecule has 32 heavy (non-hydrogen) atoms. The Labute approximate surface area is 182 Å². The van der Waals surface area contributed by atoms with Gasteiger partial charge < -0.3 is 0 Å². The first kappa shape index (κ1) is 19.6. The lowest BCUT2D eigenvalue weighted by atomic mass is 9.94. The number of amides is 4.